The summed E-state index contributed by atoms with van der Waals surface area (Å²) in [6.07, 6.45) is -0.0994. The maximum Gasteiger partial charge on any atom is 0.254 e. The highest BCUT2D eigenvalue weighted by Gasteiger charge is 2.35. The Morgan fingerprint density at radius 1 is 1.19 bits per heavy atom. The van der Waals surface area contributed by atoms with Gasteiger partial charge in [0.2, 0.25) is 10.0 Å². The molecule has 1 fully saturated rings. The highest BCUT2D eigenvalue weighted by Crippen LogP contribution is 2.26. The van der Waals surface area contributed by atoms with Crippen molar-refractivity contribution in [3.05, 3.63) is 58.0 Å². The molecule has 1 saturated heterocycles. The van der Waals surface area contributed by atoms with Gasteiger partial charge in [-0.25, -0.2) is 17.2 Å². The zero-order chi connectivity index (χ0) is 19.1. The van der Waals surface area contributed by atoms with Gasteiger partial charge >= 0.3 is 0 Å². The Kier molecular flexibility index (Phi) is 4.85. The molecular weight excluding hydrogens is 366 g/mol. The molecular formula is C17H18F2N2O4S. The van der Waals surface area contributed by atoms with Crippen LogP contribution in [-0.4, -0.2) is 36.5 Å². The smallest absolute Gasteiger partial charge is 0.254 e. The molecule has 9 heteroatoms. The molecule has 0 unspecified atom stereocenters. The summed E-state index contributed by atoms with van der Waals surface area (Å²) < 4.78 is 60.6. The third-order valence-electron chi connectivity index (χ3n) is 4.40. The van der Waals surface area contributed by atoms with E-state index in [1.165, 1.54) is 10.6 Å². The van der Waals surface area contributed by atoms with Gasteiger partial charge in [-0.2, -0.15) is 4.31 Å². The molecule has 0 amide bonds. The second-order valence-electron chi connectivity index (χ2n) is 6.20. The van der Waals surface area contributed by atoms with Gasteiger partial charge in [0, 0.05) is 25.4 Å². The highest BCUT2D eigenvalue weighted by molar-refractivity contribution is 7.89. The number of pyridine rings is 1. The van der Waals surface area contributed by atoms with Crippen molar-refractivity contribution in [2.45, 2.75) is 24.3 Å². The molecule has 2 aromatic rings. The Bertz CT molecular complexity index is 1000. The molecule has 1 aliphatic heterocycles. The lowest BCUT2D eigenvalue weighted by atomic mass is 10.3. The molecule has 0 saturated carbocycles. The van der Waals surface area contributed by atoms with Crippen LogP contribution >= 0.6 is 0 Å². The molecule has 0 bridgehead atoms. The van der Waals surface area contributed by atoms with Gasteiger partial charge < -0.3 is 9.30 Å². The van der Waals surface area contributed by atoms with Crippen LogP contribution in [0.3, 0.4) is 0 Å². The van der Waals surface area contributed by atoms with Gasteiger partial charge in [-0.3, -0.25) is 4.79 Å². The molecule has 6 nitrogen and oxygen atoms in total. The van der Waals surface area contributed by atoms with Gasteiger partial charge in [-0.1, -0.05) is 0 Å². The van der Waals surface area contributed by atoms with E-state index in [2.05, 4.69) is 0 Å². The Balaban J connectivity index is 1.78. The Labute approximate surface area is 149 Å². The molecule has 1 aromatic heterocycles. The van der Waals surface area contributed by atoms with Crippen molar-refractivity contribution >= 4 is 10.0 Å². The minimum atomic E-state index is -4.17. The summed E-state index contributed by atoms with van der Waals surface area (Å²) in [4.78, 5) is 11.1. The van der Waals surface area contributed by atoms with Crippen molar-refractivity contribution in [3.63, 3.8) is 0 Å². The maximum atomic E-state index is 13.8. The van der Waals surface area contributed by atoms with Crippen LogP contribution < -0.4 is 10.3 Å². The summed E-state index contributed by atoms with van der Waals surface area (Å²) in [7, 11) is -2.53. The molecule has 2 heterocycles. The lowest BCUT2D eigenvalue weighted by Crippen LogP contribution is -2.32. The summed E-state index contributed by atoms with van der Waals surface area (Å²) >= 11 is 0. The summed E-state index contributed by atoms with van der Waals surface area (Å²) in [6, 6.07) is 5.33. The summed E-state index contributed by atoms with van der Waals surface area (Å²) in [5, 5.41) is 0. The fraction of sp³-hybridized carbons (Fsp3) is 0.353. The molecule has 0 radical (unpaired) electrons. The molecule has 1 atom stereocenters. The van der Waals surface area contributed by atoms with Crippen molar-refractivity contribution in [1.82, 2.24) is 8.87 Å². The molecule has 0 aliphatic carbocycles. The Morgan fingerprint density at radius 3 is 2.62 bits per heavy atom. The zero-order valence-corrected chi connectivity index (χ0v) is 15.1. The third kappa shape index (κ3) is 3.49. The van der Waals surface area contributed by atoms with E-state index in [1.807, 2.05) is 0 Å². The van der Waals surface area contributed by atoms with Gasteiger partial charge in [0.1, 0.15) is 28.4 Å². The largest absolute Gasteiger partial charge is 0.489 e. The molecule has 0 N–H and O–H groups in total. The number of hydrogen-bond acceptors (Lipinski definition) is 4. The number of sulfonamides is 1. The van der Waals surface area contributed by atoms with Crippen LogP contribution in [-0.2, 0) is 17.1 Å². The van der Waals surface area contributed by atoms with Crippen LogP contribution in [0.15, 0.2) is 40.0 Å². The first-order valence-corrected chi connectivity index (χ1v) is 9.42. The average Bonchev–Trinajstić information content (AvgIpc) is 3.04. The fourth-order valence-corrected chi connectivity index (χ4v) is 4.39. The van der Waals surface area contributed by atoms with Crippen LogP contribution in [0.2, 0.25) is 0 Å². The standard InChI is InChI=1S/C17H18F2N2O4S/c1-11-7-14(9-17(22)20(11)2)25-13-5-6-21(10-13)26(23,24)16-8-12(18)3-4-15(16)19/h3-4,7-9,13H,5-6,10H2,1-2H3/t13-/m0/s1. The van der Waals surface area contributed by atoms with E-state index >= 15 is 0 Å². The monoisotopic (exact) mass is 384 g/mol. The van der Waals surface area contributed by atoms with E-state index in [0.717, 1.165) is 16.4 Å². The summed E-state index contributed by atoms with van der Waals surface area (Å²) in [5.74, 6) is -1.47. The van der Waals surface area contributed by atoms with E-state index < -0.39 is 32.7 Å². The number of aromatic nitrogens is 1. The molecule has 1 aromatic carbocycles. The van der Waals surface area contributed by atoms with Crippen molar-refractivity contribution in [3.8, 4) is 5.75 Å². The second-order valence-corrected chi connectivity index (χ2v) is 8.10. The summed E-state index contributed by atoms with van der Waals surface area (Å²) in [5.41, 5.74) is 0.473. The molecule has 140 valence electrons. The highest BCUT2D eigenvalue weighted by atomic mass is 32.2. The van der Waals surface area contributed by atoms with E-state index in [0.29, 0.717) is 23.9 Å². The van der Waals surface area contributed by atoms with E-state index in [4.69, 9.17) is 4.74 Å². The number of rotatable bonds is 4. The summed E-state index contributed by atoms with van der Waals surface area (Å²) in [6.45, 7) is 1.87. The zero-order valence-electron chi connectivity index (χ0n) is 14.3. The number of ether oxygens (including phenoxy) is 1. The predicted octanol–water partition coefficient (Wildman–Crippen LogP) is 1.81. The Hall–Kier alpha value is -2.26. The van der Waals surface area contributed by atoms with Crippen LogP contribution in [0.4, 0.5) is 8.78 Å². The van der Waals surface area contributed by atoms with E-state index in [9.17, 15) is 22.0 Å². The van der Waals surface area contributed by atoms with E-state index in [-0.39, 0.29) is 18.6 Å². The second kappa shape index (κ2) is 6.81. The molecule has 0 spiro atoms. The quantitative estimate of drug-likeness (QED) is 0.806. The van der Waals surface area contributed by atoms with Gasteiger partial charge in [0.05, 0.1) is 6.54 Å². The normalized spacial score (nSPS) is 18.2. The van der Waals surface area contributed by atoms with Crippen molar-refractivity contribution in [1.29, 1.82) is 0 Å². The van der Waals surface area contributed by atoms with Crippen LogP contribution in [0.1, 0.15) is 12.1 Å². The molecule has 1 aliphatic rings. The fourth-order valence-electron chi connectivity index (χ4n) is 2.82. The lowest BCUT2D eigenvalue weighted by molar-refractivity contribution is 0.214. The number of halogens is 2. The third-order valence-corrected chi connectivity index (χ3v) is 6.28. The molecule has 26 heavy (non-hydrogen) atoms. The lowest BCUT2D eigenvalue weighted by Gasteiger charge is -2.18. The Morgan fingerprint density at radius 2 is 1.92 bits per heavy atom. The minimum Gasteiger partial charge on any atom is -0.489 e. The first-order chi connectivity index (χ1) is 12.2. The average molecular weight is 384 g/mol. The van der Waals surface area contributed by atoms with Gasteiger partial charge in [0.15, 0.2) is 0 Å². The number of nitrogens with zero attached hydrogens (tertiary/aromatic N) is 2. The predicted molar refractivity (Wildman–Crippen MR) is 90.6 cm³/mol. The first kappa shape index (κ1) is 18.5. The van der Waals surface area contributed by atoms with Crippen LogP contribution in [0.5, 0.6) is 5.75 Å². The minimum absolute atomic E-state index is 0.00740. The SMILES string of the molecule is Cc1cc(O[C@H]2CCN(S(=O)(=O)c3cc(F)ccc3F)C2)cc(=O)n1C. The maximum absolute atomic E-state index is 13.8. The van der Waals surface area contributed by atoms with Crippen LogP contribution in [0.25, 0.3) is 0 Å². The molecule has 3 rings (SSSR count). The number of benzene rings is 1. The van der Waals surface area contributed by atoms with Crippen molar-refractivity contribution < 1.29 is 21.9 Å². The first-order valence-electron chi connectivity index (χ1n) is 7.98. The van der Waals surface area contributed by atoms with Crippen molar-refractivity contribution in [2.24, 2.45) is 7.05 Å². The number of aryl methyl sites for hydroxylation is 1. The van der Waals surface area contributed by atoms with Crippen molar-refractivity contribution in [2.75, 3.05) is 13.1 Å². The number of hydrogen-bond donors (Lipinski definition) is 0. The van der Waals surface area contributed by atoms with Gasteiger partial charge in [0.25, 0.3) is 5.56 Å². The van der Waals surface area contributed by atoms with Gasteiger partial charge in [-0.15, -0.1) is 0 Å². The van der Waals surface area contributed by atoms with E-state index in [1.54, 1.807) is 20.0 Å². The topological polar surface area (TPSA) is 68.6 Å². The van der Waals surface area contributed by atoms with Gasteiger partial charge in [-0.05, 0) is 37.6 Å². The van der Waals surface area contributed by atoms with Crippen LogP contribution in [0, 0.1) is 18.6 Å².